The maximum absolute atomic E-state index is 14.1. The third-order valence-corrected chi connectivity index (χ3v) is 11.2. The molecule has 4 fully saturated rings. The Labute approximate surface area is 321 Å². The fourth-order valence-electron chi connectivity index (χ4n) is 8.51. The highest BCUT2D eigenvalue weighted by molar-refractivity contribution is 6.31. The Balaban J connectivity index is 1.11. The van der Waals surface area contributed by atoms with Crippen molar-refractivity contribution in [1.82, 2.24) is 15.5 Å². The minimum Gasteiger partial charge on any atom is -0.507 e. The Kier molecular flexibility index (Phi) is 10.3. The highest BCUT2D eigenvalue weighted by Crippen LogP contribution is 2.53. The van der Waals surface area contributed by atoms with E-state index >= 15 is 0 Å². The molecular weight excluding hydrogens is 734 g/mol. The summed E-state index contributed by atoms with van der Waals surface area (Å²) in [5, 5.41) is 41.0. The first-order valence-corrected chi connectivity index (χ1v) is 18.8. The van der Waals surface area contributed by atoms with Gasteiger partial charge in [-0.1, -0.05) is 24.8 Å². The second-order valence-corrected chi connectivity index (χ2v) is 14.9. The summed E-state index contributed by atoms with van der Waals surface area (Å²) in [6, 6.07) is 4.26. The van der Waals surface area contributed by atoms with Gasteiger partial charge in [0.25, 0.3) is 5.91 Å². The number of ketones is 2. The maximum Gasteiger partial charge on any atom is 0.407 e. The number of phenols is 2. The highest BCUT2D eigenvalue weighted by Gasteiger charge is 2.56. The van der Waals surface area contributed by atoms with Crippen molar-refractivity contribution in [2.24, 2.45) is 0 Å². The number of nitrogens with zero attached hydrogens (tertiary/aromatic N) is 1. The van der Waals surface area contributed by atoms with Gasteiger partial charge in [0.1, 0.15) is 35.6 Å². The van der Waals surface area contributed by atoms with Gasteiger partial charge in [-0.05, 0) is 25.8 Å². The Bertz CT molecular complexity index is 1950. The molecule has 0 aromatic heterocycles. The molecular formula is C39H45N3O14. The first kappa shape index (κ1) is 38.3. The molecule has 0 unspecified atom stereocenters. The van der Waals surface area contributed by atoms with Gasteiger partial charge in [0.2, 0.25) is 5.78 Å². The molecule has 17 nitrogen and oxygen atoms in total. The van der Waals surface area contributed by atoms with E-state index in [0.29, 0.717) is 13.2 Å². The van der Waals surface area contributed by atoms with Gasteiger partial charge in [-0.3, -0.25) is 19.3 Å². The molecule has 5 N–H and O–H groups in total. The molecule has 2 aromatic rings. The molecule has 3 saturated heterocycles. The van der Waals surface area contributed by atoms with Crippen molar-refractivity contribution in [2.45, 2.75) is 93.9 Å². The predicted molar refractivity (Wildman–Crippen MR) is 191 cm³/mol. The van der Waals surface area contributed by atoms with Crippen molar-refractivity contribution in [3.05, 3.63) is 64.2 Å². The van der Waals surface area contributed by atoms with E-state index in [-0.39, 0.29) is 72.4 Å². The molecule has 3 heterocycles. The predicted octanol–water partition coefficient (Wildman–Crippen LogP) is 1.71. The third kappa shape index (κ3) is 6.70. The minimum absolute atomic E-state index is 0.00763. The first-order chi connectivity index (χ1) is 26.9. The summed E-state index contributed by atoms with van der Waals surface area (Å²) in [7, 11) is 1.35. The van der Waals surface area contributed by atoms with Crippen LogP contribution in [0.2, 0.25) is 0 Å². The smallest absolute Gasteiger partial charge is 0.407 e. The monoisotopic (exact) mass is 779 g/mol. The lowest BCUT2D eigenvalue weighted by molar-refractivity contribution is -0.264. The van der Waals surface area contributed by atoms with Crippen molar-refractivity contribution in [3.63, 3.8) is 0 Å². The largest absolute Gasteiger partial charge is 0.507 e. The second kappa shape index (κ2) is 15.0. The third-order valence-electron chi connectivity index (χ3n) is 11.2. The van der Waals surface area contributed by atoms with E-state index < -0.39 is 95.7 Å². The number of amides is 2. The number of rotatable bonds is 11. The number of benzene rings is 2. The van der Waals surface area contributed by atoms with Gasteiger partial charge in [-0.25, -0.2) is 4.79 Å². The van der Waals surface area contributed by atoms with E-state index in [0.717, 1.165) is 12.8 Å². The fourth-order valence-corrected chi connectivity index (χ4v) is 8.51. The van der Waals surface area contributed by atoms with Crippen molar-refractivity contribution < 1.29 is 67.7 Å². The number of nitrogens with one attached hydrogen (secondary N) is 2. The molecule has 8 atom stereocenters. The van der Waals surface area contributed by atoms with Crippen LogP contribution in [0.3, 0.4) is 0 Å². The van der Waals surface area contributed by atoms with Gasteiger partial charge in [0.15, 0.2) is 24.6 Å². The minimum atomic E-state index is -2.26. The first-order valence-electron chi connectivity index (χ1n) is 18.8. The number of methoxy groups -OCH3 is 1. The molecule has 0 bridgehead atoms. The number of hydrogen-bond donors (Lipinski definition) is 5. The SMILES string of the molecule is C=CCOC(=O)NCCNC(=O)[C@]1(O)Cc2c(O)c3c(c(O)c2[C@@H](O[C@H]2C[C@H]4[C@H](O[C@@H]5[C@@H](OC6CC6)OCCN54)[C@H](C)O2)C1)C(=O)c1c(OC)cccc1C3=O. The molecule has 6 aliphatic rings. The van der Waals surface area contributed by atoms with Crippen LogP contribution in [0.4, 0.5) is 4.79 Å². The number of hydrogen-bond acceptors (Lipinski definition) is 15. The van der Waals surface area contributed by atoms with Crippen LogP contribution < -0.4 is 15.4 Å². The van der Waals surface area contributed by atoms with E-state index in [4.69, 9.17) is 33.2 Å². The van der Waals surface area contributed by atoms with Gasteiger partial charge in [0.05, 0.1) is 48.7 Å². The van der Waals surface area contributed by atoms with Crippen LogP contribution in [-0.2, 0) is 39.6 Å². The summed E-state index contributed by atoms with van der Waals surface area (Å²) in [6.45, 7) is 6.18. The lowest BCUT2D eigenvalue weighted by Gasteiger charge is -2.43. The number of carbonyl (C=O) groups excluding carboxylic acids is 4. The van der Waals surface area contributed by atoms with Gasteiger partial charge in [-0.2, -0.15) is 0 Å². The van der Waals surface area contributed by atoms with Crippen LogP contribution in [0.25, 0.3) is 0 Å². The zero-order valence-electron chi connectivity index (χ0n) is 31.0. The average molecular weight is 780 g/mol. The molecule has 2 amide bonds. The number of carbonyl (C=O) groups is 4. The molecule has 56 heavy (non-hydrogen) atoms. The van der Waals surface area contributed by atoms with Gasteiger partial charge < -0.3 is 59.1 Å². The van der Waals surface area contributed by atoms with Crippen molar-refractivity contribution in [3.8, 4) is 17.2 Å². The highest BCUT2D eigenvalue weighted by atomic mass is 16.7. The number of ether oxygens (including phenoxy) is 7. The number of aliphatic hydroxyl groups is 1. The Hall–Kier alpha value is -4.62. The van der Waals surface area contributed by atoms with Crippen LogP contribution in [0.1, 0.15) is 81.7 Å². The van der Waals surface area contributed by atoms with Crippen LogP contribution in [0.15, 0.2) is 30.9 Å². The lowest BCUT2D eigenvalue weighted by Crippen LogP contribution is -2.55. The van der Waals surface area contributed by atoms with Crippen molar-refractivity contribution in [1.29, 1.82) is 0 Å². The second-order valence-electron chi connectivity index (χ2n) is 14.9. The zero-order valence-corrected chi connectivity index (χ0v) is 31.0. The molecule has 3 aliphatic carbocycles. The summed E-state index contributed by atoms with van der Waals surface area (Å²) in [6.07, 6.45) is -2.12. The van der Waals surface area contributed by atoms with Crippen molar-refractivity contribution in [2.75, 3.05) is 40.0 Å². The van der Waals surface area contributed by atoms with E-state index in [1.807, 2.05) is 6.92 Å². The zero-order chi connectivity index (χ0) is 39.5. The summed E-state index contributed by atoms with van der Waals surface area (Å²) < 4.78 is 41.7. The normalized spacial score (nSPS) is 30.6. The van der Waals surface area contributed by atoms with Crippen LogP contribution in [0, 0.1) is 0 Å². The average Bonchev–Trinajstić information content (AvgIpc) is 3.92. The fraction of sp³-hybridized carbons (Fsp3) is 0.538. The number of phenolic OH excluding ortho intramolecular Hbond substituents is 2. The molecule has 8 rings (SSSR count). The molecule has 17 heteroatoms. The van der Waals surface area contributed by atoms with E-state index in [1.165, 1.54) is 31.4 Å². The van der Waals surface area contributed by atoms with Crippen LogP contribution >= 0.6 is 0 Å². The Morgan fingerprint density at radius 3 is 2.57 bits per heavy atom. The van der Waals surface area contributed by atoms with Crippen LogP contribution in [0.5, 0.6) is 17.2 Å². The summed E-state index contributed by atoms with van der Waals surface area (Å²) in [5.74, 6) is -3.58. The molecule has 0 radical (unpaired) electrons. The van der Waals surface area contributed by atoms with E-state index in [1.54, 1.807) is 0 Å². The number of fused-ring (bicyclic) bond motifs is 6. The number of aromatic hydroxyl groups is 2. The quantitative estimate of drug-likeness (QED) is 0.106. The maximum atomic E-state index is 14.1. The van der Waals surface area contributed by atoms with Gasteiger partial charge >= 0.3 is 6.09 Å². The Morgan fingerprint density at radius 2 is 1.82 bits per heavy atom. The van der Waals surface area contributed by atoms with Crippen LogP contribution in [-0.4, -0.2) is 133 Å². The number of morpholine rings is 1. The molecule has 300 valence electrons. The molecule has 3 aliphatic heterocycles. The summed E-state index contributed by atoms with van der Waals surface area (Å²) >= 11 is 0. The summed E-state index contributed by atoms with van der Waals surface area (Å²) in [4.78, 5) is 55.9. The molecule has 2 aromatic carbocycles. The lowest BCUT2D eigenvalue weighted by atomic mass is 9.72. The van der Waals surface area contributed by atoms with Gasteiger partial charge in [-0.15, -0.1) is 0 Å². The molecule has 1 saturated carbocycles. The topological polar surface area (TPSA) is 221 Å². The number of alkyl carbamates (subject to hydrolysis) is 1. The summed E-state index contributed by atoms with van der Waals surface area (Å²) in [5.41, 5.74) is -3.50. The van der Waals surface area contributed by atoms with Gasteiger partial charge in [0, 0.05) is 61.6 Å². The standard InChI is InChI=1S/C39H45N3O14/c1-4-13-52-38(48)41-11-10-40-37(47)39(49)16-21-27(33(46)29-28(31(21)44)30(43)20-6-5-7-23(50-3)26(20)32(29)45)24(17-39)55-25-15-22-34(18(2)53-25)56-35-36(54-19-8-9-19)51-14-12-42(22)35/h4-7,18-19,22,24-25,34-36,44,46,49H,1,8-17H2,2-3H3,(H,40,47)(H,41,48)/t18-,22-,24-,25-,34+,35+,36+,39-/m0/s1. The Morgan fingerprint density at radius 1 is 1.05 bits per heavy atom. The molecule has 0 spiro atoms. The van der Waals surface area contributed by atoms with E-state index in [9.17, 15) is 34.5 Å². The van der Waals surface area contributed by atoms with Crippen molar-refractivity contribution >= 4 is 23.6 Å². The van der Waals surface area contributed by atoms with E-state index in [2.05, 4.69) is 22.1 Å².